The van der Waals surface area contributed by atoms with Crippen LogP contribution in [-0.2, 0) is 11.2 Å². The molecular formula is C16H25NO. The molecule has 18 heavy (non-hydrogen) atoms. The molecule has 0 aromatic heterocycles. The van der Waals surface area contributed by atoms with Gasteiger partial charge < -0.3 is 10.5 Å². The van der Waals surface area contributed by atoms with E-state index in [2.05, 4.69) is 37.3 Å². The molecule has 1 saturated carbocycles. The highest BCUT2D eigenvalue weighted by Gasteiger charge is 2.36. The third-order valence-corrected chi connectivity index (χ3v) is 4.05. The van der Waals surface area contributed by atoms with Gasteiger partial charge in [-0.15, -0.1) is 0 Å². The van der Waals surface area contributed by atoms with E-state index in [1.54, 1.807) is 0 Å². The molecule has 2 heteroatoms. The number of ether oxygens (including phenoxy) is 1. The summed E-state index contributed by atoms with van der Waals surface area (Å²) < 4.78 is 6.11. The maximum Gasteiger partial charge on any atom is 0.0806 e. The average molecular weight is 247 g/mol. The molecule has 2 atom stereocenters. The quantitative estimate of drug-likeness (QED) is 0.784. The summed E-state index contributed by atoms with van der Waals surface area (Å²) in [6.07, 6.45) is 5.71. The van der Waals surface area contributed by atoms with Crippen molar-refractivity contribution in [1.82, 2.24) is 0 Å². The fourth-order valence-electron chi connectivity index (χ4n) is 2.93. The lowest BCUT2D eigenvalue weighted by atomic mass is 10.0. The molecule has 100 valence electrons. The summed E-state index contributed by atoms with van der Waals surface area (Å²) in [6, 6.07) is 10.6. The predicted molar refractivity (Wildman–Crippen MR) is 75.5 cm³/mol. The van der Waals surface area contributed by atoms with Gasteiger partial charge in [-0.2, -0.15) is 0 Å². The first-order valence-electron chi connectivity index (χ1n) is 7.12. The van der Waals surface area contributed by atoms with Gasteiger partial charge in [-0.3, -0.25) is 0 Å². The van der Waals surface area contributed by atoms with Crippen molar-refractivity contribution in [1.29, 1.82) is 0 Å². The van der Waals surface area contributed by atoms with Crippen LogP contribution in [0.3, 0.4) is 0 Å². The van der Waals surface area contributed by atoms with Gasteiger partial charge in [0.2, 0.25) is 0 Å². The van der Waals surface area contributed by atoms with E-state index in [0.717, 1.165) is 38.2 Å². The molecule has 0 bridgehead atoms. The summed E-state index contributed by atoms with van der Waals surface area (Å²) >= 11 is 0. The molecule has 1 aromatic rings. The number of nitrogens with two attached hydrogens (primary N) is 1. The van der Waals surface area contributed by atoms with Crippen molar-refractivity contribution in [2.75, 3.05) is 13.2 Å². The molecular weight excluding hydrogens is 222 g/mol. The van der Waals surface area contributed by atoms with E-state index in [4.69, 9.17) is 10.5 Å². The molecule has 0 amide bonds. The van der Waals surface area contributed by atoms with E-state index in [9.17, 15) is 0 Å². The smallest absolute Gasteiger partial charge is 0.0806 e. The van der Waals surface area contributed by atoms with Crippen LogP contribution in [0.4, 0.5) is 0 Å². The number of hydrogen-bond acceptors (Lipinski definition) is 2. The molecule has 2 nitrogen and oxygen atoms in total. The molecule has 2 unspecified atom stereocenters. The summed E-state index contributed by atoms with van der Waals surface area (Å²) in [7, 11) is 0. The molecule has 1 aliphatic carbocycles. The lowest BCUT2D eigenvalue weighted by Crippen LogP contribution is -2.38. The van der Waals surface area contributed by atoms with Crippen molar-refractivity contribution in [3.05, 3.63) is 35.9 Å². The molecule has 0 aliphatic heterocycles. The SMILES string of the molecule is CC1CCC(CN)(OCCCc2ccccc2)C1. The molecule has 2 N–H and O–H groups in total. The van der Waals surface area contributed by atoms with Crippen LogP contribution >= 0.6 is 0 Å². The third kappa shape index (κ3) is 3.56. The van der Waals surface area contributed by atoms with E-state index in [-0.39, 0.29) is 5.60 Å². The first-order chi connectivity index (χ1) is 8.74. The Bertz CT molecular complexity index is 351. The molecule has 1 aliphatic rings. The van der Waals surface area contributed by atoms with E-state index < -0.39 is 0 Å². The number of hydrogen-bond donors (Lipinski definition) is 1. The minimum Gasteiger partial charge on any atom is -0.374 e. The second kappa shape index (κ2) is 6.35. The third-order valence-electron chi connectivity index (χ3n) is 4.05. The number of rotatable bonds is 6. The monoisotopic (exact) mass is 247 g/mol. The van der Waals surface area contributed by atoms with Crippen molar-refractivity contribution in [2.24, 2.45) is 11.7 Å². The van der Waals surface area contributed by atoms with Crippen LogP contribution in [0.5, 0.6) is 0 Å². The second-order valence-corrected chi connectivity index (χ2v) is 5.67. The largest absolute Gasteiger partial charge is 0.374 e. The van der Waals surface area contributed by atoms with Crippen molar-refractivity contribution < 1.29 is 4.74 Å². The lowest BCUT2D eigenvalue weighted by Gasteiger charge is -2.28. The van der Waals surface area contributed by atoms with E-state index >= 15 is 0 Å². The minimum absolute atomic E-state index is 0.0178. The molecule has 0 spiro atoms. The van der Waals surface area contributed by atoms with Crippen LogP contribution in [0, 0.1) is 5.92 Å². The van der Waals surface area contributed by atoms with E-state index in [0.29, 0.717) is 6.54 Å². The van der Waals surface area contributed by atoms with Gasteiger partial charge in [-0.05, 0) is 43.6 Å². The zero-order valence-electron chi connectivity index (χ0n) is 11.4. The van der Waals surface area contributed by atoms with Crippen LogP contribution in [0.15, 0.2) is 30.3 Å². The maximum absolute atomic E-state index is 6.11. The van der Waals surface area contributed by atoms with Crippen molar-refractivity contribution in [3.63, 3.8) is 0 Å². The van der Waals surface area contributed by atoms with Gasteiger partial charge in [-0.1, -0.05) is 37.3 Å². The summed E-state index contributed by atoms with van der Waals surface area (Å²) in [6.45, 7) is 3.80. The van der Waals surface area contributed by atoms with Crippen molar-refractivity contribution in [3.8, 4) is 0 Å². The number of aryl methyl sites for hydroxylation is 1. The normalized spacial score (nSPS) is 27.6. The van der Waals surface area contributed by atoms with Gasteiger partial charge in [0.05, 0.1) is 5.60 Å². The maximum atomic E-state index is 6.11. The molecule has 1 aromatic carbocycles. The zero-order chi connectivity index (χ0) is 12.8. The van der Waals surface area contributed by atoms with Gasteiger partial charge in [-0.25, -0.2) is 0 Å². The standard InChI is InChI=1S/C16H25NO/c1-14-9-10-16(12-14,13-17)18-11-5-8-15-6-3-2-4-7-15/h2-4,6-7,14H,5,8-13,17H2,1H3. The minimum atomic E-state index is -0.0178. The first kappa shape index (κ1) is 13.6. The Morgan fingerprint density at radius 2 is 2.11 bits per heavy atom. The zero-order valence-corrected chi connectivity index (χ0v) is 11.4. The van der Waals surface area contributed by atoms with Gasteiger partial charge in [0, 0.05) is 13.2 Å². The van der Waals surface area contributed by atoms with Crippen molar-refractivity contribution in [2.45, 2.75) is 44.6 Å². The van der Waals surface area contributed by atoms with Gasteiger partial charge in [0.15, 0.2) is 0 Å². The Labute approximate surface area is 111 Å². The molecule has 1 fully saturated rings. The Kier molecular flexibility index (Phi) is 4.79. The summed E-state index contributed by atoms with van der Waals surface area (Å²) in [5.74, 6) is 0.766. The molecule has 2 rings (SSSR count). The highest BCUT2D eigenvalue weighted by molar-refractivity contribution is 5.14. The summed E-state index contributed by atoms with van der Waals surface area (Å²) in [5.41, 5.74) is 7.27. The second-order valence-electron chi connectivity index (χ2n) is 5.67. The van der Waals surface area contributed by atoms with Crippen LogP contribution in [0.2, 0.25) is 0 Å². The Morgan fingerprint density at radius 3 is 2.72 bits per heavy atom. The Morgan fingerprint density at radius 1 is 1.33 bits per heavy atom. The molecule has 0 heterocycles. The van der Waals surface area contributed by atoms with Gasteiger partial charge in [0.25, 0.3) is 0 Å². The lowest BCUT2D eigenvalue weighted by molar-refractivity contribution is -0.0367. The Balaban J connectivity index is 1.71. The van der Waals surface area contributed by atoms with Crippen LogP contribution in [-0.4, -0.2) is 18.8 Å². The first-order valence-corrected chi connectivity index (χ1v) is 7.12. The highest BCUT2D eigenvalue weighted by atomic mass is 16.5. The summed E-state index contributed by atoms with van der Waals surface area (Å²) in [5, 5.41) is 0. The van der Waals surface area contributed by atoms with Crippen molar-refractivity contribution >= 4 is 0 Å². The highest BCUT2D eigenvalue weighted by Crippen LogP contribution is 2.36. The summed E-state index contributed by atoms with van der Waals surface area (Å²) in [4.78, 5) is 0. The van der Waals surface area contributed by atoms with E-state index in [1.807, 2.05) is 0 Å². The van der Waals surface area contributed by atoms with Gasteiger partial charge in [0.1, 0.15) is 0 Å². The van der Waals surface area contributed by atoms with E-state index in [1.165, 1.54) is 12.0 Å². The van der Waals surface area contributed by atoms with Crippen LogP contribution in [0.1, 0.15) is 38.2 Å². The molecule has 0 radical (unpaired) electrons. The number of benzene rings is 1. The molecule has 0 saturated heterocycles. The van der Waals surface area contributed by atoms with Crippen LogP contribution < -0.4 is 5.73 Å². The fourth-order valence-corrected chi connectivity index (χ4v) is 2.93. The Hall–Kier alpha value is -0.860. The van der Waals surface area contributed by atoms with Gasteiger partial charge >= 0.3 is 0 Å². The van der Waals surface area contributed by atoms with Crippen LogP contribution in [0.25, 0.3) is 0 Å². The fraction of sp³-hybridized carbons (Fsp3) is 0.625. The average Bonchev–Trinajstić information content (AvgIpc) is 2.78. The predicted octanol–water partition coefficient (Wildman–Crippen LogP) is 3.15. The topological polar surface area (TPSA) is 35.2 Å².